The third-order valence-corrected chi connectivity index (χ3v) is 5.23. The number of ether oxygens (including phenoxy) is 1. The molecule has 0 amide bonds. The minimum Gasteiger partial charge on any atom is -0.464 e. The van der Waals surface area contributed by atoms with Crippen LogP contribution in [0.1, 0.15) is 34.4 Å². The molecule has 0 unspecified atom stereocenters. The number of aromatic nitrogens is 6. The Labute approximate surface area is 198 Å². The number of aromatic amines is 1. The molecule has 0 saturated carbocycles. The monoisotopic (exact) mass is 524 g/mol. The molecule has 2 N–H and O–H groups in total. The number of nitrogens with one attached hydrogen (secondary N) is 1. The molecule has 16 heteroatoms. The number of alkyl halides is 4. The molecule has 0 aliphatic heterocycles. The van der Waals surface area contributed by atoms with Gasteiger partial charge in [0.05, 0.1) is 18.7 Å². The van der Waals surface area contributed by atoms with Crippen LogP contribution in [0, 0.1) is 12.7 Å². The fourth-order valence-corrected chi connectivity index (χ4v) is 3.27. The summed E-state index contributed by atoms with van der Waals surface area (Å²) in [7, 11) is 0. The second-order valence-corrected chi connectivity index (χ2v) is 7.64. The maximum Gasteiger partial charge on any atom is 0.425 e. The number of rotatable bonds is 9. The Bertz CT molecular complexity index is 1280. The molecule has 3 aromatic rings. The molecule has 35 heavy (non-hydrogen) atoms. The van der Waals surface area contributed by atoms with Crippen molar-refractivity contribution in [1.29, 1.82) is 0 Å². The summed E-state index contributed by atoms with van der Waals surface area (Å²) in [5, 5.41) is 18.8. The molecule has 0 bridgehead atoms. The Balaban J connectivity index is 2.15. The standard InChI is InChI=1S/C19H18ClF5N6O4/c1-8-10(15(20)28-27-8)6-13(33)11-5-12(22)16(26-17(11)35-9(2)19(23,24)25)31-18(34)30(3-4-32)14(7-21)29-31/h5,9,32H,3-4,6-7H2,1-2H3,(H,27,28)/t9-/m0/s1. The molecule has 0 aromatic carbocycles. The van der Waals surface area contributed by atoms with Gasteiger partial charge in [0.1, 0.15) is 6.67 Å². The zero-order valence-corrected chi connectivity index (χ0v) is 18.9. The topological polar surface area (TPSA) is 128 Å². The van der Waals surface area contributed by atoms with Crippen molar-refractivity contribution >= 4 is 17.4 Å². The van der Waals surface area contributed by atoms with Gasteiger partial charge in [0, 0.05) is 17.7 Å². The van der Waals surface area contributed by atoms with E-state index in [0.29, 0.717) is 27.9 Å². The molecule has 3 aromatic heterocycles. The maximum atomic E-state index is 15.0. The molecule has 0 aliphatic rings. The Kier molecular flexibility index (Phi) is 7.59. The predicted octanol–water partition coefficient (Wildman–Crippen LogP) is 2.47. The summed E-state index contributed by atoms with van der Waals surface area (Å²) in [4.78, 5) is 29.1. The first-order valence-electron chi connectivity index (χ1n) is 9.91. The van der Waals surface area contributed by atoms with E-state index >= 15 is 4.39 Å². The van der Waals surface area contributed by atoms with Gasteiger partial charge in [-0.15, -0.1) is 5.10 Å². The maximum absolute atomic E-state index is 15.0. The van der Waals surface area contributed by atoms with Gasteiger partial charge in [0.25, 0.3) is 0 Å². The van der Waals surface area contributed by atoms with E-state index in [-0.39, 0.29) is 17.3 Å². The van der Waals surface area contributed by atoms with Gasteiger partial charge in [-0.2, -0.15) is 27.9 Å². The van der Waals surface area contributed by atoms with Crippen LogP contribution in [0.5, 0.6) is 5.88 Å². The van der Waals surface area contributed by atoms with Crippen molar-refractivity contribution in [3.63, 3.8) is 0 Å². The van der Waals surface area contributed by atoms with Crippen molar-refractivity contribution in [1.82, 2.24) is 29.5 Å². The Hall–Kier alpha value is -3.33. The third kappa shape index (κ3) is 5.35. The summed E-state index contributed by atoms with van der Waals surface area (Å²) in [5.41, 5.74) is -1.15. The van der Waals surface area contributed by atoms with E-state index < -0.39 is 72.4 Å². The molecule has 1 atom stereocenters. The first-order chi connectivity index (χ1) is 16.4. The number of pyridine rings is 1. The van der Waals surface area contributed by atoms with Crippen LogP contribution in [0.3, 0.4) is 0 Å². The van der Waals surface area contributed by atoms with Crippen LogP contribution in [0.2, 0.25) is 5.15 Å². The van der Waals surface area contributed by atoms with Crippen LogP contribution in [0.25, 0.3) is 5.82 Å². The minimum atomic E-state index is -4.87. The fraction of sp³-hybridized carbons (Fsp3) is 0.421. The minimum absolute atomic E-state index is 0.0632. The SMILES string of the molecule is Cc1[nH]nc(Cl)c1CC(=O)c1cc(F)c(-n2nc(CF)n(CCO)c2=O)nc1O[C@@H](C)C(F)(F)F. The molecule has 10 nitrogen and oxygen atoms in total. The molecule has 0 spiro atoms. The van der Waals surface area contributed by atoms with Crippen LogP contribution in [-0.2, 0) is 19.6 Å². The summed E-state index contributed by atoms with van der Waals surface area (Å²) >= 11 is 5.91. The zero-order chi connectivity index (χ0) is 26.1. The number of ketones is 1. The van der Waals surface area contributed by atoms with Crippen molar-refractivity contribution in [2.45, 2.75) is 45.8 Å². The highest BCUT2D eigenvalue weighted by molar-refractivity contribution is 6.30. The van der Waals surface area contributed by atoms with Crippen molar-refractivity contribution in [3.05, 3.63) is 50.2 Å². The second kappa shape index (κ2) is 10.1. The number of hydrogen-bond donors (Lipinski definition) is 2. The molecular formula is C19H18ClF5N6O4. The van der Waals surface area contributed by atoms with E-state index in [9.17, 15) is 27.2 Å². The van der Waals surface area contributed by atoms with E-state index in [1.165, 1.54) is 0 Å². The lowest BCUT2D eigenvalue weighted by atomic mass is 10.0. The van der Waals surface area contributed by atoms with Gasteiger partial charge in [0.15, 0.2) is 34.5 Å². The average molecular weight is 525 g/mol. The van der Waals surface area contributed by atoms with E-state index in [1.54, 1.807) is 6.92 Å². The number of aliphatic hydroxyl groups is 1. The smallest absolute Gasteiger partial charge is 0.425 e. The average Bonchev–Trinajstić information content (AvgIpc) is 3.27. The number of carbonyl (C=O) groups excluding carboxylic acids is 1. The van der Waals surface area contributed by atoms with E-state index in [1.807, 2.05) is 0 Å². The van der Waals surface area contributed by atoms with Gasteiger partial charge in [-0.25, -0.2) is 13.6 Å². The van der Waals surface area contributed by atoms with Crippen molar-refractivity contribution in [3.8, 4) is 11.7 Å². The van der Waals surface area contributed by atoms with Crippen LogP contribution in [0.15, 0.2) is 10.9 Å². The van der Waals surface area contributed by atoms with Crippen LogP contribution < -0.4 is 10.4 Å². The fourth-order valence-electron chi connectivity index (χ4n) is 3.02. The van der Waals surface area contributed by atoms with Crippen molar-refractivity contribution < 1.29 is 36.6 Å². The molecule has 3 rings (SSSR count). The van der Waals surface area contributed by atoms with Crippen LogP contribution in [-0.4, -0.2) is 59.3 Å². The molecule has 0 fully saturated rings. The lowest BCUT2D eigenvalue weighted by Gasteiger charge is -2.19. The first-order valence-corrected chi connectivity index (χ1v) is 10.3. The lowest BCUT2D eigenvalue weighted by molar-refractivity contribution is -0.190. The lowest BCUT2D eigenvalue weighted by Crippen LogP contribution is -2.32. The van der Waals surface area contributed by atoms with Crippen molar-refractivity contribution in [2.75, 3.05) is 6.61 Å². The molecule has 0 saturated heterocycles. The van der Waals surface area contributed by atoms with Gasteiger partial charge in [-0.3, -0.25) is 14.5 Å². The molecule has 190 valence electrons. The van der Waals surface area contributed by atoms with Crippen LogP contribution >= 0.6 is 11.6 Å². The molecule has 3 heterocycles. The normalized spacial score (nSPS) is 12.7. The van der Waals surface area contributed by atoms with Gasteiger partial charge < -0.3 is 9.84 Å². The number of H-pyrrole nitrogens is 1. The van der Waals surface area contributed by atoms with Crippen LogP contribution in [0.4, 0.5) is 22.0 Å². The largest absolute Gasteiger partial charge is 0.464 e. The first kappa shape index (κ1) is 26.3. The number of aliphatic hydroxyl groups excluding tert-OH is 1. The molecule has 0 radical (unpaired) electrons. The summed E-state index contributed by atoms with van der Waals surface area (Å²) in [6, 6.07) is 0.541. The highest BCUT2D eigenvalue weighted by atomic mass is 35.5. The predicted molar refractivity (Wildman–Crippen MR) is 110 cm³/mol. The van der Waals surface area contributed by atoms with Gasteiger partial charge in [-0.05, 0) is 19.9 Å². The van der Waals surface area contributed by atoms with Gasteiger partial charge >= 0.3 is 11.9 Å². The number of hydrogen-bond acceptors (Lipinski definition) is 7. The zero-order valence-electron chi connectivity index (χ0n) is 18.2. The number of carbonyl (C=O) groups is 1. The number of Topliss-reactive ketones (excluding diaryl/α,β-unsaturated/α-hetero) is 1. The van der Waals surface area contributed by atoms with Gasteiger partial charge in [0.2, 0.25) is 5.88 Å². The number of nitrogens with zero attached hydrogens (tertiary/aromatic N) is 5. The second-order valence-electron chi connectivity index (χ2n) is 7.29. The molecular weight excluding hydrogens is 507 g/mol. The summed E-state index contributed by atoms with van der Waals surface area (Å²) in [6.45, 7) is -0.0335. The van der Waals surface area contributed by atoms with E-state index in [4.69, 9.17) is 21.4 Å². The Morgan fingerprint density at radius 3 is 2.60 bits per heavy atom. The Morgan fingerprint density at radius 1 is 1.37 bits per heavy atom. The van der Waals surface area contributed by atoms with E-state index in [2.05, 4.69) is 20.3 Å². The Morgan fingerprint density at radius 2 is 2.06 bits per heavy atom. The molecule has 0 aliphatic carbocycles. The summed E-state index contributed by atoms with van der Waals surface area (Å²) in [6.07, 6.45) is -7.82. The van der Waals surface area contributed by atoms with Crippen molar-refractivity contribution in [2.24, 2.45) is 0 Å². The highest BCUT2D eigenvalue weighted by Crippen LogP contribution is 2.29. The third-order valence-electron chi connectivity index (χ3n) is 4.92. The van der Waals surface area contributed by atoms with Gasteiger partial charge in [-0.1, -0.05) is 11.6 Å². The quantitative estimate of drug-likeness (QED) is 0.325. The highest BCUT2D eigenvalue weighted by Gasteiger charge is 2.39. The number of halogens is 6. The summed E-state index contributed by atoms with van der Waals surface area (Å²) in [5.74, 6) is -4.57. The van der Waals surface area contributed by atoms with E-state index in [0.717, 1.165) is 0 Å². The number of aryl methyl sites for hydroxylation is 1. The summed E-state index contributed by atoms with van der Waals surface area (Å²) < 4.78 is 73.6.